The van der Waals surface area contributed by atoms with E-state index in [2.05, 4.69) is 0 Å². The van der Waals surface area contributed by atoms with Crippen molar-refractivity contribution < 1.29 is 89.8 Å². The second-order valence-corrected chi connectivity index (χ2v) is 14.0. The number of phenols is 12. The zero-order valence-corrected chi connectivity index (χ0v) is 32.8. The Kier molecular flexibility index (Phi) is 11.1. The molecule has 9 rings (SSSR count). The summed E-state index contributed by atoms with van der Waals surface area (Å²) >= 11 is 0. The van der Waals surface area contributed by atoms with E-state index in [0.717, 1.165) is 54.6 Å². The third-order valence-electron chi connectivity index (χ3n) is 9.51. The maximum atomic E-state index is 12.2. The third kappa shape index (κ3) is 8.06. The zero-order valence-electron chi connectivity index (χ0n) is 32.8. The Bertz CT molecular complexity index is 3580. The summed E-state index contributed by atoms with van der Waals surface area (Å²) in [6.45, 7) is 0. The quantitative estimate of drug-likeness (QED) is 0.0908. The van der Waals surface area contributed by atoms with Gasteiger partial charge in [0.2, 0.25) is 33.5 Å². The van der Waals surface area contributed by atoms with Gasteiger partial charge in [-0.25, -0.2) is 0 Å². The fourth-order valence-electron chi connectivity index (χ4n) is 6.43. The van der Waals surface area contributed by atoms with Crippen molar-refractivity contribution in [3.05, 3.63) is 122 Å². The van der Waals surface area contributed by atoms with Crippen LogP contribution in [0.15, 0.2) is 119 Å². The largest absolute Gasteiger partial charge is 0.508 e. The van der Waals surface area contributed by atoms with Crippen molar-refractivity contribution in [2.75, 3.05) is 0 Å². The van der Waals surface area contributed by atoms with E-state index in [-0.39, 0.29) is 84.3 Å². The molecular weight excluding hydrogens is 876 g/mol. The minimum atomic E-state index is -0.967. The van der Waals surface area contributed by atoms with Crippen LogP contribution in [-0.2, 0) is 0 Å². The van der Waals surface area contributed by atoms with Crippen molar-refractivity contribution >= 4 is 32.9 Å². The van der Waals surface area contributed by atoms with Crippen LogP contribution in [0.4, 0.5) is 0 Å². The molecule has 0 fully saturated rings. The average Bonchev–Trinajstić information content (AvgIpc) is 3.24. The van der Waals surface area contributed by atoms with Gasteiger partial charge in [0, 0.05) is 53.1 Å². The molecule has 336 valence electrons. The highest BCUT2D eigenvalue weighted by molar-refractivity contribution is 5.90. The molecule has 3 aromatic heterocycles. The van der Waals surface area contributed by atoms with E-state index in [0.29, 0.717) is 5.56 Å². The van der Waals surface area contributed by atoms with Crippen molar-refractivity contribution in [2.45, 2.75) is 0 Å². The van der Waals surface area contributed by atoms with Gasteiger partial charge >= 0.3 is 0 Å². The highest BCUT2D eigenvalue weighted by atomic mass is 16.4. The van der Waals surface area contributed by atoms with Gasteiger partial charge in [0.25, 0.3) is 0 Å². The number of benzene rings is 6. The van der Waals surface area contributed by atoms with Crippen molar-refractivity contribution in [3.8, 4) is 120 Å². The minimum Gasteiger partial charge on any atom is -0.508 e. The Hall–Kier alpha value is -10.1. The molecule has 6 aromatic carbocycles. The zero-order chi connectivity index (χ0) is 48.0. The second kappa shape index (κ2) is 16.7. The molecule has 15 N–H and O–H groups in total. The summed E-state index contributed by atoms with van der Waals surface area (Å²) in [5.74, 6) is -8.61. The maximum Gasteiger partial charge on any atom is 0.238 e. The normalized spacial score (nSPS) is 10.9. The molecule has 0 bridgehead atoms. The molecule has 0 aliphatic heterocycles. The topological polar surface area (TPSA) is 394 Å². The SMILES string of the molecule is O=c1c(O)c(-c2cc(O)c(O)c(O)c2)oc2cc(O)cc(O)c12.O=c1c(O)c(-c2ccc(O)c(O)c2)oc2cc(O)cc(O)c12.O=c1c(O)c(-c2ccc(O)cc2)oc2cc(O)cc(O)c12. The van der Waals surface area contributed by atoms with Gasteiger partial charge in [-0.15, -0.1) is 0 Å². The van der Waals surface area contributed by atoms with Crippen LogP contribution in [0.2, 0.25) is 0 Å². The molecule has 9 aromatic rings. The fraction of sp³-hybridized carbons (Fsp3) is 0. The van der Waals surface area contributed by atoms with E-state index in [1.165, 1.54) is 36.4 Å². The Morgan fingerprint density at radius 3 is 0.985 bits per heavy atom. The van der Waals surface area contributed by atoms with Gasteiger partial charge in [-0.3, -0.25) is 14.4 Å². The van der Waals surface area contributed by atoms with Crippen molar-refractivity contribution in [1.29, 1.82) is 0 Å². The molecule has 0 unspecified atom stereocenters. The predicted octanol–water partition coefficient (Wildman–Crippen LogP) is 5.96. The standard InChI is InChI=1S/C15H10O8.C15H10O7.C15H10O6/c16-6-3-7(17)11-10(4-6)23-15(14(22)13(11)21)5-1-8(18)12(20)9(19)2-5;16-7-4-10(19)12-11(5-7)22-15(14(21)13(12)20)6-1-2-8(17)9(18)3-6;16-8-3-1-7(2-4-8)15-14(20)13(19)12-10(18)5-9(17)6-11(12)21-15/h1-4,16-20,22H;1-5,16-19,21H;1-6,16-18,20H. The average molecular weight is 907 g/mol. The molecule has 21 nitrogen and oxygen atoms in total. The molecular formula is C45H30O21. The molecule has 0 saturated heterocycles. The lowest BCUT2D eigenvalue weighted by molar-refractivity contribution is 0.368. The number of rotatable bonds is 3. The van der Waals surface area contributed by atoms with Crippen LogP contribution in [-0.4, -0.2) is 76.6 Å². The van der Waals surface area contributed by atoms with Crippen LogP contribution in [0.1, 0.15) is 0 Å². The number of hydrogen-bond acceptors (Lipinski definition) is 21. The first-order chi connectivity index (χ1) is 31.1. The van der Waals surface area contributed by atoms with Gasteiger partial charge in [0.05, 0.1) is 0 Å². The molecule has 0 spiro atoms. The van der Waals surface area contributed by atoms with Gasteiger partial charge in [-0.05, 0) is 54.6 Å². The van der Waals surface area contributed by atoms with E-state index in [1.54, 1.807) is 0 Å². The number of hydrogen-bond donors (Lipinski definition) is 15. The second-order valence-electron chi connectivity index (χ2n) is 14.0. The van der Waals surface area contributed by atoms with E-state index >= 15 is 0 Å². The summed E-state index contributed by atoms with van der Waals surface area (Å²) in [4.78, 5) is 36.4. The van der Waals surface area contributed by atoms with Gasteiger partial charge in [-0.1, -0.05) is 0 Å². The lowest BCUT2D eigenvalue weighted by Gasteiger charge is -2.09. The lowest BCUT2D eigenvalue weighted by Crippen LogP contribution is -2.03. The van der Waals surface area contributed by atoms with E-state index in [1.807, 2.05) is 0 Å². The van der Waals surface area contributed by atoms with Gasteiger partial charge in [-0.2, -0.15) is 0 Å². The van der Waals surface area contributed by atoms with Crippen LogP contribution in [0, 0.1) is 0 Å². The molecule has 0 aliphatic carbocycles. The van der Waals surface area contributed by atoms with E-state index in [9.17, 15) is 91.0 Å². The highest BCUT2D eigenvalue weighted by Gasteiger charge is 2.23. The van der Waals surface area contributed by atoms with Gasteiger partial charge in [0.1, 0.15) is 73.2 Å². The van der Waals surface area contributed by atoms with Crippen LogP contribution >= 0.6 is 0 Å². The van der Waals surface area contributed by atoms with Crippen molar-refractivity contribution in [1.82, 2.24) is 0 Å². The molecule has 0 radical (unpaired) electrons. The first-order valence-electron chi connectivity index (χ1n) is 18.4. The predicted molar refractivity (Wildman–Crippen MR) is 229 cm³/mol. The van der Waals surface area contributed by atoms with Crippen molar-refractivity contribution in [3.63, 3.8) is 0 Å². The molecule has 0 aliphatic rings. The molecule has 0 saturated carbocycles. The highest BCUT2D eigenvalue weighted by Crippen LogP contribution is 2.43. The molecule has 66 heavy (non-hydrogen) atoms. The first kappa shape index (κ1) is 44.0. The van der Waals surface area contributed by atoms with Crippen LogP contribution in [0.5, 0.6) is 86.2 Å². The molecule has 21 heteroatoms. The van der Waals surface area contributed by atoms with Crippen LogP contribution < -0.4 is 16.3 Å². The van der Waals surface area contributed by atoms with E-state index < -0.39 is 79.5 Å². The summed E-state index contributed by atoms with van der Waals surface area (Å²) < 4.78 is 16.1. The molecule has 0 atom stereocenters. The van der Waals surface area contributed by atoms with Crippen LogP contribution in [0.25, 0.3) is 66.9 Å². The fourth-order valence-corrected chi connectivity index (χ4v) is 6.43. The summed E-state index contributed by atoms with van der Waals surface area (Å²) in [5.41, 5.74) is -2.67. The number of fused-ring (bicyclic) bond motifs is 3. The monoisotopic (exact) mass is 906 g/mol. The summed E-state index contributed by atoms with van der Waals surface area (Å²) in [5, 5.41) is 143. The number of phenolic OH excluding ortho intramolecular Hbond substituents is 12. The Morgan fingerprint density at radius 2 is 0.606 bits per heavy atom. The third-order valence-corrected chi connectivity index (χ3v) is 9.51. The maximum absolute atomic E-state index is 12.2. The molecule has 0 amide bonds. The van der Waals surface area contributed by atoms with Gasteiger partial charge < -0.3 is 89.8 Å². The van der Waals surface area contributed by atoms with Crippen molar-refractivity contribution in [2.24, 2.45) is 0 Å². The summed E-state index contributed by atoms with van der Waals surface area (Å²) in [7, 11) is 0. The summed E-state index contributed by atoms with van der Waals surface area (Å²) in [6.07, 6.45) is 0. The lowest BCUT2D eigenvalue weighted by atomic mass is 10.1. The Labute approximate surface area is 364 Å². The summed E-state index contributed by atoms with van der Waals surface area (Å²) in [6, 6.07) is 17.3. The molecule has 3 heterocycles. The number of aromatic hydroxyl groups is 15. The Morgan fingerprint density at radius 1 is 0.273 bits per heavy atom. The first-order valence-corrected chi connectivity index (χ1v) is 18.4. The smallest absolute Gasteiger partial charge is 0.238 e. The Balaban J connectivity index is 0.000000147. The van der Waals surface area contributed by atoms with Gasteiger partial charge in [0.15, 0.2) is 46.0 Å². The van der Waals surface area contributed by atoms with E-state index in [4.69, 9.17) is 13.3 Å². The minimum absolute atomic E-state index is 0.0247. The van der Waals surface area contributed by atoms with Crippen LogP contribution in [0.3, 0.4) is 0 Å².